The molecule has 0 radical (unpaired) electrons. The van der Waals surface area contributed by atoms with Gasteiger partial charge in [-0.1, -0.05) is 12.1 Å². The lowest BCUT2D eigenvalue weighted by molar-refractivity contribution is -0.137. The maximum absolute atomic E-state index is 12.7. The van der Waals surface area contributed by atoms with Crippen LogP contribution in [0.5, 0.6) is 0 Å². The van der Waals surface area contributed by atoms with Gasteiger partial charge < -0.3 is 4.42 Å². The van der Waals surface area contributed by atoms with Crippen LogP contribution in [0.4, 0.5) is 13.2 Å². The lowest BCUT2D eigenvalue weighted by Gasteiger charge is -2.06. The molecule has 0 aliphatic rings. The van der Waals surface area contributed by atoms with E-state index in [9.17, 15) is 22.8 Å². The molecule has 0 unspecified atom stereocenters. The van der Waals surface area contributed by atoms with Crippen LogP contribution in [0.25, 0.3) is 10.6 Å². The van der Waals surface area contributed by atoms with Gasteiger partial charge in [-0.2, -0.15) is 13.2 Å². The number of halogens is 3. The molecule has 1 aromatic carbocycles. The summed E-state index contributed by atoms with van der Waals surface area (Å²) in [6.45, 7) is 4.93. The van der Waals surface area contributed by atoms with Crippen molar-refractivity contribution in [3.63, 3.8) is 0 Å². The summed E-state index contributed by atoms with van der Waals surface area (Å²) in [5, 5.41) is 0.397. The molecule has 2 amide bonds. The van der Waals surface area contributed by atoms with Crippen LogP contribution in [-0.4, -0.2) is 16.8 Å². The van der Waals surface area contributed by atoms with Gasteiger partial charge in [0.25, 0.3) is 11.8 Å². The molecule has 0 aliphatic carbocycles. The van der Waals surface area contributed by atoms with Crippen LogP contribution in [-0.2, 0) is 6.18 Å². The zero-order valence-electron chi connectivity index (χ0n) is 15.6. The number of hydrogen-bond donors (Lipinski definition) is 2. The maximum Gasteiger partial charge on any atom is 0.416 e. The molecule has 0 atom stereocenters. The van der Waals surface area contributed by atoms with E-state index in [0.717, 1.165) is 23.5 Å². The zero-order chi connectivity index (χ0) is 21.3. The van der Waals surface area contributed by atoms with Gasteiger partial charge in [-0.05, 0) is 39.0 Å². The van der Waals surface area contributed by atoms with Gasteiger partial charge in [0.05, 0.1) is 16.8 Å². The summed E-state index contributed by atoms with van der Waals surface area (Å²) < 4.78 is 43.3. The number of rotatable bonds is 3. The Labute approximate surface area is 167 Å². The van der Waals surface area contributed by atoms with Crippen LogP contribution in [0.15, 0.2) is 34.7 Å². The van der Waals surface area contributed by atoms with Gasteiger partial charge in [-0.15, -0.1) is 11.3 Å². The third-order valence-electron chi connectivity index (χ3n) is 4.04. The highest BCUT2D eigenvalue weighted by atomic mass is 32.1. The summed E-state index contributed by atoms with van der Waals surface area (Å²) in [5.74, 6) is -0.117. The molecule has 0 spiro atoms. The van der Waals surface area contributed by atoms with Crippen molar-refractivity contribution in [3.8, 4) is 10.6 Å². The molecule has 0 aliphatic heterocycles. The number of hydrogen-bond acceptors (Lipinski definition) is 5. The van der Waals surface area contributed by atoms with Gasteiger partial charge in [0, 0.05) is 5.56 Å². The molecule has 29 heavy (non-hydrogen) atoms. The second-order valence-electron chi connectivity index (χ2n) is 6.24. The van der Waals surface area contributed by atoms with Crippen molar-refractivity contribution in [1.82, 2.24) is 15.8 Å². The Hall–Kier alpha value is -3.14. The smallest absolute Gasteiger partial charge is 0.416 e. The molecule has 0 saturated heterocycles. The molecule has 2 heterocycles. The summed E-state index contributed by atoms with van der Waals surface area (Å²) in [6.07, 6.45) is -4.42. The molecule has 2 aromatic heterocycles. The van der Waals surface area contributed by atoms with Crippen molar-refractivity contribution in [1.29, 1.82) is 0 Å². The van der Waals surface area contributed by atoms with Crippen molar-refractivity contribution in [3.05, 3.63) is 63.6 Å². The van der Waals surface area contributed by atoms with E-state index in [1.165, 1.54) is 12.1 Å². The number of benzene rings is 1. The van der Waals surface area contributed by atoms with Crippen LogP contribution in [0.3, 0.4) is 0 Å². The predicted molar refractivity (Wildman–Crippen MR) is 100 cm³/mol. The zero-order valence-corrected chi connectivity index (χ0v) is 16.4. The minimum absolute atomic E-state index is 0.236. The second-order valence-corrected chi connectivity index (χ2v) is 7.24. The third kappa shape index (κ3) is 4.48. The van der Waals surface area contributed by atoms with Gasteiger partial charge in [0.1, 0.15) is 21.4 Å². The number of amides is 2. The quantitative estimate of drug-likeness (QED) is 0.611. The van der Waals surface area contributed by atoms with E-state index < -0.39 is 23.6 Å². The molecule has 2 N–H and O–H groups in total. The number of thiazole rings is 1. The molecule has 0 fully saturated rings. The fraction of sp³-hybridized carbons (Fsp3) is 0.211. The summed E-state index contributed by atoms with van der Waals surface area (Å²) in [4.78, 5) is 29.0. The molecule has 0 saturated carbocycles. The number of aromatic nitrogens is 1. The standard InChI is InChI=1S/C19H16F3N3O3S/c1-9-8-14(11(3)28-9)16(26)24-25-17(27)15-10(2)23-18(29-15)12-4-6-13(7-5-12)19(20,21)22/h4-8H,1-3H3,(H,24,26)(H,25,27). The molecule has 6 nitrogen and oxygen atoms in total. The fourth-order valence-corrected chi connectivity index (χ4v) is 3.59. The highest BCUT2D eigenvalue weighted by Gasteiger charge is 2.30. The Morgan fingerprint density at radius 1 is 1.03 bits per heavy atom. The van der Waals surface area contributed by atoms with Crippen molar-refractivity contribution in [2.45, 2.75) is 26.9 Å². The lowest BCUT2D eigenvalue weighted by atomic mass is 10.1. The Bertz CT molecular complexity index is 1070. The first kappa shape index (κ1) is 20.6. The average Bonchev–Trinajstić information content (AvgIpc) is 3.20. The lowest BCUT2D eigenvalue weighted by Crippen LogP contribution is -2.41. The molecular formula is C19H16F3N3O3S. The summed E-state index contributed by atoms with van der Waals surface area (Å²) in [7, 11) is 0. The Kier molecular flexibility index (Phi) is 5.47. The van der Waals surface area contributed by atoms with E-state index in [2.05, 4.69) is 15.8 Å². The highest BCUT2D eigenvalue weighted by Crippen LogP contribution is 2.32. The molecule has 152 valence electrons. The van der Waals surface area contributed by atoms with Gasteiger partial charge in [-0.3, -0.25) is 20.4 Å². The number of nitrogens with one attached hydrogen (secondary N) is 2. The first-order chi connectivity index (χ1) is 13.6. The number of furan rings is 1. The monoisotopic (exact) mass is 423 g/mol. The van der Waals surface area contributed by atoms with Crippen molar-refractivity contribution in [2.75, 3.05) is 0 Å². The number of carbonyl (C=O) groups excluding carboxylic acids is 2. The van der Waals surface area contributed by atoms with Gasteiger partial charge in [-0.25, -0.2) is 4.98 Å². The van der Waals surface area contributed by atoms with Crippen LogP contribution in [0, 0.1) is 20.8 Å². The van der Waals surface area contributed by atoms with E-state index >= 15 is 0 Å². The minimum atomic E-state index is -4.42. The molecule has 10 heteroatoms. The first-order valence-electron chi connectivity index (χ1n) is 8.39. The van der Waals surface area contributed by atoms with Gasteiger partial charge in [0.15, 0.2) is 0 Å². The SMILES string of the molecule is Cc1cc(C(=O)NNC(=O)c2sc(-c3ccc(C(F)(F)F)cc3)nc2C)c(C)o1. The number of nitrogens with zero attached hydrogens (tertiary/aromatic N) is 1. The van der Waals surface area contributed by atoms with E-state index in [0.29, 0.717) is 33.3 Å². The minimum Gasteiger partial charge on any atom is -0.466 e. The van der Waals surface area contributed by atoms with E-state index in [1.54, 1.807) is 26.8 Å². The Balaban J connectivity index is 1.72. The normalized spacial score (nSPS) is 11.4. The second kappa shape index (κ2) is 7.70. The van der Waals surface area contributed by atoms with Crippen molar-refractivity contribution >= 4 is 23.2 Å². The van der Waals surface area contributed by atoms with E-state index in [4.69, 9.17) is 4.42 Å². The number of alkyl halides is 3. The van der Waals surface area contributed by atoms with Crippen LogP contribution >= 0.6 is 11.3 Å². The van der Waals surface area contributed by atoms with Crippen molar-refractivity contribution in [2.24, 2.45) is 0 Å². The van der Waals surface area contributed by atoms with E-state index in [-0.39, 0.29) is 4.88 Å². The molecule has 3 rings (SSSR count). The fourth-order valence-electron chi connectivity index (χ4n) is 2.63. The van der Waals surface area contributed by atoms with Gasteiger partial charge >= 0.3 is 6.18 Å². The molecular weight excluding hydrogens is 407 g/mol. The topological polar surface area (TPSA) is 84.2 Å². The summed E-state index contributed by atoms with van der Waals surface area (Å²) >= 11 is 1.01. The van der Waals surface area contributed by atoms with Crippen LogP contribution < -0.4 is 10.9 Å². The first-order valence-corrected chi connectivity index (χ1v) is 9.20. The van der Waals surface area contributed by atoms with Crippen molar-refractivity contribution < 1.29 is 27.2 Å². The Morgan fingerprint density at radius 3 is 2.21 bits per heavy atom. The largest absolute Gasteiger partial charge is 0.466 e. The Morgan fingerprint density at radius 2 is 1.66 bits per heavy atom. The average molecular weight is 423 g/mol. The number of aryl methyl sites for hydroxylation is 3. The van der Waals surface area contributed by atoms with E-state index in [1.807, 2.05) is 0 Å². The number of carbonyl (C=O) groups is 2. The molecule has 0 bridgehead atoms. The summed E-state index contributed by atoms with van der Waals surface area (Å²) in [6, 6.07) is 6.07. The predicted octanol–water partition coefficient (Wildman–Crippen LogP) is 4.42. The maximum atomic E-state index is 12.7. The molecule has 3 aromatic rings. The van der Waals surface area contributed by atoms with Crippen LogP contribution in [0.2, 0.25) is 0 Å². The number of hydrazine groups is 1. The van der Waals surface area contributed by atoms with Crippen LogP contribution in [0.1, 0.15) is 42.8 Å². The summed E-state index contributed by atoms with van der Waals surface area (Å²) in [5.41, 5.74) is 5.01. The van der Waals surface area contributed by atoms with Gasteiger partial charge in [0.2, 0.25) is 0 Å². The highest BCUT2D eigenvalue weighted by molar-refractivity contribution is 7.17. The third-order valence-corrected chi connectivity index (χ3v) is 5.24.